The van der Waals surface area contributed by atoms with Crippen molar-refractivity contribution in [3.05, 3.63) is 35.1 Å². The molecule has 0 aromatic heterocycles. The third-order valence-corrected chi connectivity index (χ3v) is 3.22. The summed E-state index contributed by atoms with van der Waals surface area (Å²) >= 11 is 0. The lowest BCUT2D eigenvalue weighted by Gasteiger charge is -2.10. The van der Waals surface area contributed by atoms with Gasteiger partial charge in [-0.15, -0.1) is 0 Å². The van der Waals surface area contributed by atoms with Gasteiger partial charge in [-0.2, -0.15) is 0 Å². The van der Waals surface area contributed by atoms with Crippen LogP contribution in [0.15, 0.2) is 35.1 Å². The molecule has 0 aliphatic rings. The normalized spacial score (nSPS) is 14.5. The predicted molar refractivity (Wildman–Crippen MR) is 82.0 cm³/mol. The van der Waals surface area contributed by atoms with Crippen LogP contribution in [0.1, 0.15) is 53.9 Å². The summed E-state index contributed by atoms with van der Waals surface area (Å²) in [5.74, 6) is 1.02. The first kappa shape index (κ1) is 17.7. The summed E-state index contributed by atoms with van der Waals surface area (Å²) in [6.45, 7) is 10.1. The number of rotatable bonds is 8. The van der Waals surface area contributed by atoms with Crippen LogP contribution in [0.25, 0.3) is 0 Å². The molecule has 108 valence electrons. The molecule has 0 amide bonds. The van der Waals surface area contributed by atoms with Gasteiger partial charge in [-0.25, -0.2) is 0 Å². The van der Waals surface area contributed by atoms with Crippen molar-refractivity contribution < 1.29 is 9.53 Å². The van der Waals surface area contributed by atoms with Crippen LogP contribution in [0, 0.1) is 5.41 Å². The molecule has 2 heteroatoms. The summed E-state index contributed by atoms with van der Waals surface area (Å²) in [4.78, 5) is 10.8. The number of hydrogen-bond acceptors (Lipinski definition) is 2. The Bertz CT molecular complexity index is 371. The zero-order valence-electron chi connectivity index (χ0n) is 13.2. The van der Waals surface area contributed by atoms with Gasteiger partial charge >= 0.3 is 0 Å². The first-order valence-corrected chi connectivity index (χ1v) is 6.88. The Morgan fingerprint density at radius 1 is 1.21 bits per heavy atom. The summed E-state index contributed by atoms with van der Waals surface area (Å²) in [5, 5.41) is 0. The first-order valence-electron chi connectivity index (χ1n) is 6.88. The van der Waals surface area contributed by atoms with Crippen LogP contribution >= 0.6 is 0 Å². The molecule has 0 unspecified atom stereocenters. The number of methoxy groups -OCH3 is 1. The van der Waals surface area contributed by atoms with Gasteiger partial charge in [0.15, 0.2) is 0 Å². The maximum atomic E-state index is 10.8. The molecule has 0 rings (SSSR count). The van der Waals surface area contributed by atoms with E-state index in [-0.39, 0.29) is 5.41 Å². The van der Waals surface area contributed by atoms with Crippen LogP contribution in [-0.4, -0.2) is 13.4 Å². The third kappa shape index (κ3) is 7.66. The van der Waals surface area contributed by atoms with Crippen molar-refractivity contribution in [3.63, 3.8) is 0 Å². The van der Waals surface area contributed by atoms with E-state index < -0.39 is 0 Å². The zero-order chi connectivity index (χ0) is 14.9. The Morgan fingerprint density at radius 2 is 1.84 bits per heavy atom. The highest BCUT2D eigenvalue weighted by Gasteiger charge is 2.10. The molecule has 2 nitrogen and oxygen atoms in total. The standard InChI is InChI=1S/C17H28O2/c1-7-16(15(3)19-6)11-10-14(2)9-8-12-17(4,5)13-18/h8,10,12-13H,7,9,11H2,1-6H3/b12-8+,14-10+,16-15-. The van der Waals surface area contributed by atoms with Crippen LogP contribution in [0.4, 0.5) is 0 Å². The molecule has 0 N–H and O–H groups in total. The molecule has 0 radical (unpaired) electrons. The minimum Gasteiger partial charge on any atom is -0.501 e. The highest BCUT2D eigenvalue weighted by Crippen LogP contribution is 2.17. The lowest BCUT2D eigenvalue weighted by atomic mass is 9.94. The molecular formula is C17H28O2. The van der Waals surface area contributed by atoms with Crippen LogP contribution in [0.3, 0.4) is 0 Å². The maximum Gasteiger partial charge on any atom is 0.129 e. The Morgan fingerprint density at radius 3 is 2.32 bits per heavy atom. The van der Waals surface area contributed by atoms with Gasteiger partial charge in [-0.3, -0.25) is 0 Å². The lowest BCUT2D eigenvalue weighted by molar-refractivity contribution is -0.112. The number of allylic oxidation sites excluding steroid dienone is 6. The Labute approximate surface area is 118 Å². The van der Waals surface area contributed by atoms with E-state index in [1.54, 1.807) is 7.11 Å². The molecule has 0 fully saturated rings. The van der Waals surface area contributed by atoms with E-state index in [9.17, 15) is 4.79 Å². The quantitative estimate of drug-likeness (QED) is 0.357. The molecule has 0 aromatic rings. The van der Waals surface area contributed by atoms with Crippen LogP contribution < -0.4 is 0 Å². The van der Waals surface area contributed by atoms with E-state index in [2.05, 4.69) is 26.0 Å². The summed E-state index contributed by atoms with van der Waals surface area (Å²) in [6.07, 6.45) is 10.1. The molecule has 0 aliphatic carbocycles. The van der Waals surface area contributed by atoms with Crippen LogP contribution in [0.2, 0.25) is 0 Å². The Hall–Kier alpha value is -1.31. The topological polar surface area (TPSA) is 26.3 Å². The van der Waals surface area contributed by atoms with Gasteiger partial charge in [0.1, 0.15) is 6.29 Å². The Kier molecular flexibility index (Phi) is 8.13. The highest BCUT2D eigenvalue weighted by atomic mass is 16.5. The largest absolute Gasteiger partial charge is 0.501 e. The molecule has 0 aliphatic heterocycles. The van der Waals surface area contributed by atoms with Gasteiger partial charge in [0.25, 0.3) is 0 Å². The maximum absolute atomic E-state index is 10.8. The number of ether oxygens (including phenoxy) is 1. The minimum absolute atomic E-state index is 0.360. The second kappa shape index (κ2) is 8.73. The smallest absolute Gasteiger partial charge is 0.129 e. The van der Waals surface area contributed by atoms with E-state index >= 15 is 0 Å². The van der Waals surface area contributed by atoms with E-state index in [4.69, 9.17) is 4.74 Å². The molecule has 0 atom stereocenters. The van der Waals surface area contributed by atoms with Crippen LogP contribution in [-0.2, 0) is 9.53 Å². The summed E-state index contributed by atoms with van der Waals surface area (Å²) in [6, 6.07) is 0. The molecule has 0 spiro atoms. The van der Waals surface area contributed by atoms with Gasteiger partial charge in [0, 0.05) is 5.41 Å². The van der Waals surface area contributed by atoms with Gasteiger partial charge in [-0.05, 0) is 52.5 Å². The molecule has 0 saturated heterocycles. The van der Waals surface area contributed by atoms with Crippen molar-refractivity contribution in [1.82, 2.24) is 0 Å². The average molecular weight is 264 g/mol. The summed E-state index contributed by atoms with van der Waals surface area (Å²) in [7, 11) is 1.71. The van der Waals surface area contributed by atoms with Crippen molar-refractivity contribution in [2.24, 2.45) is 5.41 Å². The van der Waals surface area contributed by atoms with Gasteiger partial charge < -0.3 is 9.53 Å². The second-order valence-electron chi connectivity index (χ2n) is 5.52. The van der Waals surface area contributed by atoms with Crippen molar-refractivity contribution in [2.45, 2.75) is 53.9 Å². The van der Waals surface area contributed by atoms with Crippen molar-refractivity contribution in [2.75, 3.05) is 7.11 Å². The van der Waals surface area contributed by atoms with E-state index in [1.807, 2.05) is 26.8 Å². The fraction of sp³-hybridized carbons (Fsp3) is 0.588. The SMILES string of the molecule is CC/C(C/C=C(\C)C/C=C/C(C)(C)C=O)=C(\C)OC. The van der Waals surface area contributed by atoms with Crippen LogP contribution in [0.5, 0.6) is 0 Å². The molecule has 0 bridgehead atoms. The number of hydrogen-bond donors (Lipinski definition) is 0. The molecule has 0 aromatic carbocycles. The van der Waals surface area contributed by atoms with Crippen molar-refractivity contribution in [3.8, 4) is 0 Å². The lowest BCUT2D eigenvalue weighted by Crippen LogP contribution is -2.07. The zero-order valence-corrected chi connectivity index (χ0v) is 13.2. The Balaban J connectivity index is 4.48. The molecular weight excluding hydrogens is 236 g/mol. The number of carbonyl (C=O) groups excluding carboxylic acids is 1. The summed E-state index contributed by atoms with van der Waals surface area (Å²) < 4.78 is 5.27. The average Bonchev–Trinajstić information content (AvgIpc) is 2.38. The highest BCUT2D eigenvalue weighted by molar-refractivity contribution is 5.61. The first-order chi connectivity index (χ1) is 8.86. The van der Waals surface area contributed by atoms with Gasteiger partial charge in [0.2, 0.25) is 0 Å². The van der Waals surface area contributed by atoms with E-state index in [0.717, 1.165) is 31.3 Å². The van der Waals surface area contributed by atoms with Gasteiger partial charge in [-0.1, -0.05) is 30.7 Å². The van der Waals surface area contributed by atoms with Gasteiger partial charge in [0.05, 0.1) is 12.9 Å². The van der Waals surface area contributed by atoms with Crippen molar-refractivity contribution >= 4 is 6.29 Å². The van der Waals surface area contributed by atoms with E-state index in [1.165, 1.54) is 11.1 Å². The second-order valence-corrected chi connectivity index (χ2v) is 5.52. The molecule has 0 saturated carbocycles. The number of carbonyl (C=O) groups is 1. The fourth-order valence-corrected chi connectivity index (χ4v) is 1.65. The number of aldehydes is 1. The monoisotopic (exact) mass is 264 g/mol. The summed E-state index contributed by atoms with van der Waals surface area (Å²) in [5.41, 5.74) is 2.29. The fourth-order valence-electron chi connectivity index (χ4n) is 1.65. The minimum atomic E-state index is -0.360. The third-order valence-electron chi connectivity index (χ3n) is 3.22. The van der Waals surface area contributed by atoms with E-state index in [0.29, 0.717) is 0 Å². The molecule has 0 heterocycles. The molecule has 19 heavy (non-hydrogen) atoms. The van der Waals surface area contributed by atoms with Crippen molar-refractivity contribution in [1.29, 1.82) is 0 Å². The predicted octanol–water partition coefficient (Wildman–Crippen LogP) is 4.82.